The van der Waals surface area contributed by atoms with Crippen LogP contribution in [0.5, 0.6) is 0 Å². The maximum Gasteiger partial charge on any atom is 0.323 e. The molecule has 3 nitrogen and oxygen atoms in total. The number of carbonyl (C=O) groups is 1. The Bertz CT molecular complexity index is 337. The second-order valence-corrected chi connectivity index (χ2v) is 4.08. The third-order valence-electron chi connectivity index (χ3n) is 2.30. The van der Waals surface area contributed by atoms with E-state index in [-0.39, 0.29) is 6.54 Å². The summed E-state index contributed by atoms with van der Waals surface area (Å²) in [4.78, 5) is 12.6. The number of halogens is 1. The van der Waals surface area contributed by atoms with E-state index in [4.69, 9.17) is 16.7 Å². The Hall–Kier alpha value is -1.22. The van der Waals surface area contributed by atoms with E-state index in [9.17, 15) is 4.79 Å². The van der Waals surface area contributed by atoms with Gasteiger partial charge in [-0.25, -0.2) is 0 Å². The molecular formula is C12H16ClNO2. The summed E-state index contributed by atoms with van der Waals surface area (Å²) in [6.45, 7) is 2.87. The minimum Gasteiger partial charge on any atom is -0.480 e. The number of aliphatic carboxylic acids is 1. The van der Waals surface area contributed by atoms with Gasteiger partial charge in [0, 0.05) is 17.3 Å². The second kappa shape index (κ2) is 6.38. The number of rotatable bonds is 6. The number of carboxylic acid groups (broad SMARTS) is 1. The summed E-state index contributed by atoms with van der Waals surface area (Å²) in [6, 6.07) is 7.25. The number of nitrogens with zero attached hydrogens (tertiary/aromatic N) is 1. The summed E-state index contributed by atoms with van der Waals surface area (Å²) < 4.78 is 0. The zero-order valence-corrected chi connectivity index (χ0v) is 10.1. The zero-order valence-electron chi connectivity index (χ0n) is 9.32. The summed E-state index contributed by atoms with van der Waals surface area (Å²) in [6.07, 6.45) is 2.03. The van der Waals surface area contributed by atoms with Gasteiger partial charge >= 0.3 is 5.97 Å². The topological polar surface area (TPSA) is 40.5 Å². The molecule has 0 radical (unpaired) electrons. The van der Waals surface area contributed by atoms with Crippen LogP contribution in [-0.4, -0.2) is 24.2 Å². The average molecular weight is 242 g/mol. The molecule has 0 atom stereocenters. The Balaban J connectivity index is 2.74. The lowest BCUT2D eigenvalue weighted by Crippen LogP contribution is -2.30. The van der Waals surface area contributed by atoms with Crippen molar-refractivity contribution >= 4 is 23.3 Å². The first kappa shape index (κ1) is 12.8. The fourth-order valence-corrected chi connectivity index (χ4v) is 1.59. The first-order chi connectivity index (χ1) is 7.63. The van der Waals surface area contributed by atoms with E-state index in [2.05, 4.69) is 6.92 Å². The van der Waals surface area contributed by atoms with Crippen molar-refractivity contribution in [2.75, 3.05) is 18.0 Å². The molecule has 16 heavy (non-hydrogen) atoms. The van der Waals surface area contributed by atoms with E-state index in [0.717, 1.165) is 25.1 Å². The summed E-state index contributed by atoms with van der Waals surface area (Å²) in [5.41, 5.74) is 0.903. The standard InChI is InChI=1S/C12H16ClNO2/c1-2-3-8-14(9-12(15)16)11-6-4-10(13)5-7-11/h4-7H,2-3,8-9H2,1H3,(H,15,16). The van der Waals surface area contributed by atoms with Crippen LogP contribution in [0.1, 0.15) is 19.8 Å². The molecule has 0 aliphatic carbocycles. The summed E-state index contributed by atoms with van der Waals surface area (Å²) >= 11 is 5.79. The normalized spacial score (nSPS) is 10.1. The molecule has 0 aromatic heterocycles. The zero-order chi connectivity index (χ0) is 12.0. The Morgan fingerprint density at radius 2 is 2.00 bits per heavy atom. The lowest BCUT2D eigenvalue weighted by molar-refractivity contribution is -0.135. The number of carboxylic acids is 1. The summed E-state index contributed by atoms with van der Waals surface area (Å²) in [7, 11) is 0. The van der Waals surface area contributed by atoms with Crippen molar-refractivity contribution in [2.24, 2.45) is 0 Å². The molecule has 1 aromatic carbocycles. The molecular weight excluding hydrogens is 226 g/mol. The van der Waals surface area contributed by atoms with Crippen LogP contribution in [0.3, 0.4) is 0 Å². The summed E-state index contributed by atoms with van der Waals surface area (Å²) in [5, 5.41) is 9.49. The number of hydrogen-bond donors (Lipinski definition) is 1. The number of hydrogen-bond acceptors (Lipinski definition) is 2. The van der Waals surface area contributed by atoms with Gasteiger partial charge in [-0.2, -0.15) is 0 Å². The number of anilines is 1. The molecule has 0 aliphatic heterocycles. The largest absolute Gasteiger partial charge is 0.480 e. The van der Waals surface area contributed by atoms with E-state index >= 15 is 0 Å². The van der Waals surface area contributed by atoms with E-state index < -0.39 is 5.97 Å². The highest BCUT2D eigenvalue weighted by Gasteiger charge is 2.09. The van der Waals surface area contributed by atoms with Crippen LogP contribution >= 0.6 is 11.6 Å². The maximum absolute atomic E-state index is 10.7. The minimum absolute atomic E-state index is 0.0294. The van der Waals surface area contributed by atoms with Gasteiger partial charge in [0.15, 0.2) is 0 Å². The first-order valence-corrected chi connectivity index (χ1v) is 5.73. The monoisotopic (exact) mass is 241 g/mol. The third kappa shape index (κ3) is 4.11. The highest BCUT2D eigenvalue weighted by Crippen LogP contribution is 2.18. The smallest absolute Gasteiger partial charge is 0.323 e. The highest BCUT2D eigenvalue weighted by atomic mass is 35.5. The van der Waals surface area contributed by atoms with Crippen LogP contribution in [0, 0.1) is 0 Å². The molecule has 0 heterocycles. The lowest BCUT2D eigenvalue weighted by Gasteiger charge is -2.22. The molecule has 0 fully saturated rings. The molecule has 4 heteroatoms. The van der Waals surface area contributed by atoms with Gasteiger partial charge in [-0.05, 0) is 30.7 Å². The first-order valence-electron chi connectivity index (χ1n) is 5.35. The molecule has 0 amide bonds. The number of benzene rings is 1. The van der Waals surface area contributed by atoms with Gasteiger partial charge in [-0.1, -0.05) is 24.9 Å². The molecule has 0 saturated heterocycles. The fourth-order valence-electron chi connectivity index (χ4n) is 1.46. The molecule has 0 bridgehead atoms. The van der Waals surface area contributed by atoms with Crippen molar-refractivity contribution in [3.8, 4) is 0 Å². The molecule has 0 aliphatic rings. The molecule has 1 rings (SSSR count). The minimum atomic E-state index is -0.814. The van der Waals surface area contributed by atoms with Crippen LogP contribution in [0.2, 0.25) is 5.02 Å². The van der Waals surface area contributed by atoms with Crippen LogP contribution in [0.15, 0.2) is 24.3 Å². The van der Waals surface area contributed by atoms with Crippen molar-refractivity contribution in [3.05, 3.63) is 29.3 Å². The molecule has 1 N–H and O–H groups in total. The van der Waals surface area contributed by atoms with Crippen LogP contribution in [-0.2, 0) is 4.79 Å². The van der Waals surface area contributed by atoms with Gasteiger partial charge < -0.3 is 10.0 Å². The quantitative estimate of drug-likeness (QED) is 0.832. The van der Waals surface area contributed by atoms with Gasteiger partial charge in [0.2, 0.25) is 0 Å². The van der Waals surface area contributed by atoms with E-state index in [0.29, 0.717) is 5.02 Å². The second-order valence-electron chi connectivity index (χ2n) is 3.65. The van der Waals surface area contributed by atoms with E-state index in [1.165, 1.54) is 0 Å². The maximum atomic E-state index is 10.7. The third-order valence-corrected chi connectivity index (χ3v) is 2.55. The van der Waals surface area contributed by atoms with Gasteiger partial charge in [-0.3, -0.25) is 4.79 Å². The average Bonchev–Trinajstić information content (AvgIpc) is 2.25. The van der Waals surface area contributed by atoms with E-state index in [1.54, 1.807) is 12.1 Å². The SMILES string of the molecule is CCCCN(CC(=O)O)c1ccc(Cl)cc1. The van der Waals surface area contributed by atoms with Gasteiger partial charge in [0.05, 0.1) is 0 Å². The molecule has 1 aromatic rings. The van der Waals surface area contributed by atoms with Gasteiger partial charge in [0.25, 0.3) is 0 Å². The van der Waals surface area contributed by atoms with Crippen LogP contribution in [0.25, 0.3) is 0 Å². The Kier molecular flexibility index (Phi) is 5.12. The molecule has 0 spiro atoms. The van der Waals surface area contributed by atoms with Crippen molar-refractivity contribution in [3.63, 3.8) is 0 Å². The van der Waals surface area contributed by atoms with Crippen LogP contribution in [0.4, 0.5) is 5.69 Å². The molecule has 0 unspecified atom stereocenters. The lowest BCUT2D eigenvalue weighted by atomic mass is 10.2. The Morgan fingerprint density at radius 3 is 2.50 bits per heavy atom. The van der Waals surface area contributed by atoms with Crippen LogP contribution < -0.4 is 4.90 Å². The molecule has 88 valence electrons. The molecule has 0 saturated carbocycles. The predicted molar refractivity (Wildman–Crippen MR) is 66.2 cm³/mol. The Morgan fingerprint density at radius 1 is 1.38 bits per heavy atom. The summed E-state index contributed by atoms with van der Waals surface area (Å²) in [5.74, 6) is -0.814. The van der Waals surface area contributed by atoms with Gasteiger partial charge in [0.1, 0.15) is 6.54 Å². The predicted octanol–water partition coefficient (Wildman–Crippen LogP) is 3.03. The number of unbranched alkanes of at least 4 members (excludes halogenated alkanes) is 1. The highest BCUT2D eigenvalue weighted by molar-refractivity contribution is 6.30. The van der Waals surface area contributed by atoms with Gasteiger partial charge in [-0.15, -0.1) is 0 Å². The van der Waals surface area contributed by atoms with Crippen molar-refractivity contribution < 1.29 is 9.90 Å². The Labute approximate surface area is 101 Å². The van der Waals surface area contributed by atoms with E-state index in [1.807, 2.05) is 17.0 Å². The van der Waals surface area contributed by atoms with Crippen molar-refractivity contribution in [2.45, 2.75) is 19.8 Å². The van der Waals surface area contributed by atoms with Crippen molar-refractivity contribution in [1.82, 2.24) is 0 Å². The fraction of sp³-hybridized carbons (Fsp3) is 0.417. The van der Waals surface area contributed by atoms with Crippen molar-refractivity contribution in [1.29, 1.82) is 0 Å².